The van der Waals surface area contributed by atoms with Gasteiger partial charge in [-0.1, -0.05) is 0 Å². The number of thioether (sulfide) groups is 1. The van der Waals surface area contributed by atoms with Gasteiger partial charge in [0.1, 0.15) is 0 Å². The fraction of sp³-hybridized carbons (Fsp3) is 0.583. The van der Waals surface area contributed by atoms with Crippen molar-refractivity contribution in [2.45, 2.75) is 19.1 Å². The molecule has 5 nitrogen and oxygen atoms in total. The van der Waals surface area contributed by atoms with Gasteiger partial charge in [0.15, 0.2) is 0 Å². The van der Waals surface area contributed by atoms with E-state index in [1.165, 1.54) is 0 Å². The zero-order valence-corrected chi connectivity index (χ0v) is 12.5. The van der Waals surface area contributed by atoms with Gasteiger partial charge >= 0.3 is 0 Å². The number of carbonyl (C=O) groups excluding carboxylic acids is 2. The number of aryl methyl sites for hydroxylation is 1. The van der Waals surface area contributed by atoms with E-state index in [1.807, 2.05) is 6.92 Å². The first-order valence-corrected chi connectivity index (χ1v) is 8.22. The average Bonchev–Trinajstić information content (AvgIpc) is 2.80. The number of nitrogens with one attached hydrogen (secondary N) is 1. The summed E-state index contributed by atoms with van der Waals surface area (Å²) in [5.41, 5.74) is 1.08. The van der Waals surface area contributed by atoms with Crippen molar-refractivity contribution >= 4 is 34.9 Å². The van der Waals surface area contributed by atoms with Crippen LogP contribution in [-0.2, 0) is 15.3 Å². The third-order valence-corrected chi connectivity index (χ3v) is 4.58. The molecule has 2 rings (SSSR count). The number of hydrogen-bond donors (Lipinski definition) is 1. The van der Waals surface area contributed by atoms with E-state index in [4.69, 9.17) is 0 Å². The van der Waals surface area contributed by atoms with Gasteiger partial charge in [0.05, 0.1) is 17.2 Å². The number of carbonyl (C=O) groups is 2. The summed E-state index contributed by atoms with van der Waals surface area (Å²) in [7, 11) is 0. The predicted octanol–water partition coefficient (Wildman–Crippen LogP) is 1.03. The SMILES string of the molecule is Cc1nc(CSCCC(=O)N2CCNC(=O)C2)cs1. The molecule has 1 fully saturated rings. The minimum atomic E-state index is -0.0646. The largest absolute Gasteiger partial charge is 0.353 e. The first kappa shape index (κ1) is 14.3. The standard InChI is InChI=1S/C12H17N3O2S2/c1-9-14-10(8-19-9)7-18-5-2-12(17)15-4-3-13-11(16)6-15/h8H,2-7H2,1H3,(H,13,16). The van der Waals surface area contributed by atoms with Gasteiger partial charge in [-0.25, -0.2) is 4.98 Å². The lowest BCUT2D eigenvalue weighted by Crippen LogP contribution is -2.50. The number of nitrogens with zero attached hydrogens (tertiary/aromatic N) is 2. The molecule has 1 aliphatic rings. The van der Waals surface area contributed by atoms with Gasteiger partial charge in [0.25, 0.3) is 0 Å². The summed E-state index contributed by atoms with van der Waals surface area (Å²) >= 11 is 3.36. The molecule has 0 bridgehead atoms. The van der Waals surface area contributed by atoms with E-state index in [0.717, 1.165) is 22.2 Å². The normalized spacial score (nSPS) is 15.4. The Morgan fingerprint density at radius 2 is 2.47 bits per heavy atom. The van der Waals surface area contributed by atoms with E-state index in [2.05, 4.69) is 15.7 Å². The Hall–Kier alpha value is -1.08. The Kier molecular flexibility index (Phi) is 5.21. The van der Waals surface area contributed by atoms with Crippen LogP contribution in [0, 0.1) is 6.92 Å². The van der Waals surface area contributed by atoms with Gasteiger partial charge in [-0.05, 0) is 6.92 Å². The molecule has 19 heavy (non-hydrogen) atoms. The van der Waals surface area contributed by atoms with Crippen LogP contribution in [0.5, 0.6) is 0 Å². The third kappa shape index (κ3) is 4.50. The van der Waals surface area contributed by atoms with E-state index < -0.39 is 0 Å². The molecule has 0 atom stereocenters. The second kappa shape index (κ2) is 6.91. The van der Waals surface area contributed by atoms with Gasteiger partial charge in [-0.3, -0.25) is 9.59 Å². The summed E-state index contributed by atoms with van der Waals surface area (Å²) in [4.78, 5) is 29.1. The molecular formula is C12H17N3O2S2. The van der Waals surface area contributed by atoms with Crippen LogP contribution in [0.3, 0.4) is 0 Å². The van der Waals surface area contributed by atoms with Crippen molar-refractivity contribution in [1.82, 2.24) is 15.2 Å². The molecule has 0 aromatic carbocycles. The Labute approximate surface area is 120 Å². The average molecular weight is 299 g/mol. The highest BCUT2D eigenvalue weighted by Gasteiger charge is 2.20. The monoisotopic (exact) mass is 299 g/mol. The van der Waals surface area contributed by atoms with Crippen LogP contribution >= 0.6 is 23.1 Å². The van der Waals surface area contributed by atoms with Crippen molar-refractivity contribution in [2.24, 2.45) is 0 Å². The summed E-state index contributed by atoms with van der Waals surface area (Å²) < 4.78 is 0. The molecule has 1 aliphatic heterocycles. The Balaban J connectivity index is 1.65. The van der Waals surface area contributed by atoms with Crippen LogP contribution in [0.25, 0.3) is 0 Å². The van der Waals surface area contributed by atoms with E-state index >= 15 is 0 Å². The van der Waals surface area contributed by atoms with Crippen LogP contribution in [0.4, 0.5) is 0 Å². The van der Waals surface area contributed by atoms with Gasteiger partial charge in [0.2, 0.25) is 11.8 Å². The highest BCUT2D eigenvalue weighted by Crippen LogP contribution is 2.16. The van der Waals surface area contributed by atoms with Crippen LogP contribution in [0.15, 0.2) is 5.38 Å². The molecule has 1 aromatic rings. The summed E-state index contributed by atoms with van der Waals surface area (Å²) in [5.74, 6) is 1.62. The molecule has 7 heteroatoms. The molecule has 1 saturated heterocycles. The fourth-order valence-corrected chi connectivity index (χ4v) is 3.36. The number of piperazine rings is 1. The third-order valence-electron chi connectivity index (χ3n) is 2.77. The van der Waals surface area contributed by atoms with Crippen molar-refractivity contribution in [2.75, 3.05) is 25.4 Å². The van der Waals surface area contributed by atoms with E-state index in [0.29, 0.717) is 19.5 Å². The second-order valence-corrected chi connectivity index (χ2v) is 6.49. The fourth-order valence-electron chi connectivity index (χ4n) is 1.82. The first-order valence-electron chi connectivity index (χ1n) is 6.18. The lowest BCUT2D eigenvalue weighted by Gasteiger charge is -2.26. The lowest BCUT2D eigenvalue weighted by atomic mass is 10.3. The molecule has 0 radical (unpaired) electrons. The zero-order chi connectivity index (χ0) is 13.7. The smallest absolute Gasteiger partial charge is 0.239 e. The summed E-state index contributed by atoms with van der Waals surface area (Å²) in [6.45, 7) is 3.38. The minimum absolute atomic E-state index is 0.0646. The minimum Gasteiger partial charge on any atom is -0.353 e. The van der Waals surface area contributed by atoms with E-state index in [1.54, 1.807) is 28.0 Å². The Morgan fingerprint density at radius 1 is 1.63 bits per heavy atom. The Morgan fingerprint density at radius 3 is 3.16 bits per heavy atom. The van der Waals surface area contributed by atoms with E-state index in [-0.39, 0.29) is 18.4 Å². The summed E-state index contributed by atoms with van der Waals surface area (Å²) in [6.07, 6.45) is 0.487. The van der Waals surface area contributed by atoms with Crippen molar-refractivity contribution in [3.63, 3.8) is 0 Å². The lowest BCUT2D eigenvalue weighted by molar-refractivity contribution is -0.137. The van der Waals surface area contributed by atoms with Crippen LogP contribution < -0.4 is 5.32 Å². The van der Waals surface area contributed by atoms with Crippen molar-refractivity contribution in [3.05, 3.63) is 16.1 Å². The first-order chi connectivity index (χ1) is 9.15. The second-order valence-electron chi connectivity index (χ2n) is 4.33. The summed E-state index contributed by atoms with van der Waals surface area (Å²) in [6, 6.07) is 0. The van der Waals surface area contributed by atoms with Gasteiger partial charge < -0.3 is 10.2 Å². The number of aromatic nitrogens is 1. The molecule has 2 heterocycles. The number of thiazole rings is 1. The quantitative estimate of drug-likeness (QED) is 0.825. The highest BCUT2D eigenvalue weighted by atomic mass is 32.2. The maximum Gasteiger partial charge on any atom is 0.239 e. The molecule has 104 valence electrons. The van der Waals surface area contributed by atoms with Crippen molar-refractivity contribution in [1.29, 1.82) is 0 Å². The molecule has 1 N–H and O–H groups in total. The molecule has 0 spiro atoms. The number of hydrogen-bond acceptors (Lipinski definition) is 5. The van der Waals surface area contributed by atoms with Gasteiger partial charge in [0, 0.05) is 36.4 Å². The van der Waals surface area contributed by atoms with Gasteiger partial charge in [-0.2, -0.15) is 11.8 Å². The highest BCUT2D eigenvalue weighted by molar-refractivity contribution is 7.98. The van der Waals surface area contributed by atoms with Gasteiger partial charge in [-0.15, -0.1) is 11.3 Å². The molecular weight excluding hydrogens is 282 g/mol. The maximum absolute atomic E-state index is 11.9. The molecule has 2 amide bonds. The van der Waals surface area contributed by atoms with Crippen LogP contribution in [0.2, 0.25) is 0 Å². The zero-order valence-electron chi connectivity index (χ0n) is 10.8. The molecule has 0 saturated carbocycles. The van der Waals surface area contributed by atoms with Crippen molar-refractivity contribution < 1.29 is 9.59 Å². The predicted molar refractivity (Wildman–Crippen MR) is 77.2 cm³/mol. The maximum atomic E-state index is 11.9. The molecule has 1 aromatic heterocycles. The number of amides is 2. The Bertz CT molecular complexity index is 462. The topological polar surface area (TPSA) is 62.3 Å². The van der Waals surface area contributed by atoms with Crippen LogP contribution in [-0.4, -0.2) is 47.1 Å². The van der Waals surface area contributed by atoms with Crippen molar-refractivity contribution in [3.8, 4) is 0 Å². The number of rotatable bonds is 5. The summed E-state index contributed by atoms with van der Waals surface area (Å²) in [5, 5.41) is 5.84. The molecule has 0 aliphatic carbocycles. The van der Waals surface area contributed by atoms with Crippen LogP contribution in [0.1, 0.15) is 17.1 Å². The molecule has 0 unspecified atom stereocenters. The van der Waals surface area contributed by atoms with E-state index in [9.17, 15) is 9.59 Å².